The Balaban J connectivity index is 1.91. The van der Waals surface area contributed by atoms with Crippen molar-refractivity contribution in [1.29, 1.82) is 0 Å². The minimum atomic E-state index is -0.376. The van der Waals surface area contributed by atoms with Crippen LogP contribution in [0.2, 0.25) is 0 Å². The van der Waals surface area contributed by atoms with E-state index in [0.29, 0.717) is 30.0 Å². The van der Waals surface area contributed by atoms with Gasteiger partial charge < -0.3 is 9.88 Å². The first-order valence-electron chi connectivity index (χ1n) is 8.55. The van der Waals surface area contributed by atoms with Gasteiger partial charge in [-0.3, -0.25) is 14.4 Å². The molecule has 0 unspecified atom stereocenters. The predicted octanol–water partition coefficient (Wildman–Crippen LogP) is 2.54. The summed E-state index contributed by atoms with van der Waals surface area (Å²) in [6.07, 6.45) is 6.35. The second kappa shape index (κ2) is 6.30. The van der Waals surface area contributed by atoms with Gasteiger partial charge in [0.2, 0.25) is 0 Å². The van der Waals surface area contributed by atoms with E-state index in [1.165, 1.54) is 12.5 Å². The van der Waals surface area contributed by atoms with Crippen LogP contribution in [0.25, 0.3) is 0 Å². The monoisotopic (exact) mass is 316 g/mol. The van der Waals surface area contributed by atoms with Crippen LogP contribution in [0.5, 0.6) is 0 Å². The van der Waals surface area contributed by atoms with Gasteiger partial charge in [0.25, 0.3) is 11.5 Å². The molecule has 124 valence electrons. The first-order chi connectivity index (χ1) is 11.0. The number of rotatable bonds is 2. The predicted molar refractivity (Wildman–Crippen MR) is 87.8 cm³/mol. The van der Waals surface area contributed by atoms with Crippen LogP contribution in [0.1, 0.15) is 71.9 Å². The highest BCUT2D eigenvalue weighted by Crippen LogP contribution is 2.28. The number of carbonyl (C=O) groups excluding carboxylic acids is 2. The fraction of sp³-hybridized carbons (Fsp3) is 0.611. The van der Waals surface area contributed by atoms with Crippen molar-refractivity contribution >= 4 is 11.7 Å². The summed E-state index contributed by atoms with van der Waals surface area (Å²) < 4.78 is 0. The summed E-state index contributed by atoms with van der Waals surface area (Å²) in [4.78, 5) is 41.6. The molecular formula is C18H24N2O3. The summed E-state index contributed by atoms with van der Waals surface area (Å²) in [5.74, 6) is 0.187. The Kier molecular flexibility index (Phi) is 4.37. The van der Waals surface area contributed by atoms with Crippen LogP contribution in [0.15, 0.2) is 10.9 Å². The molecule has 5 heteroatoms. The van der Waals surface area contributed by atoms with Gasteiger partial charge in [0.1, 0.15) is 5.56 Å². The number of Topliss-reactive ketones (excluding diaryl/α,β-unsaturated/α-hetero) is 1. The van der Waals surface area contributed by atoms with Crippen molar-refractivity contribution in [3.05, 3.63) is 33.2 Å². The van der Waals surface area contributed by atoms with Gasteiger partial charge in [-0.05, 0) is 37.7 Å². The molecular weight excluding hydrogens is 292 g/mol. The maximum atomic E-state index is 12.8. The molecule has 1 amide bonds. The summed E-state index contributed by atoms with van der Waals surface area (Å²) in [7, 11) is 1.77. The van der Waals surface area contributed by atoms with Crippen LogP contribution in [0, 0.1) is 5.92 Å². The Bertz CT molecular complexity index is 692. The molecule has 0 spiro atoms. The summed E-state index contributed by atoms with van der Waals surface area (Å²) in [6.45, 7) is 2.16. The molecule has 3 rings (SSSR count). The Hall–Kier alpha value is -1.91. The third-order valence-electron chi connectivity index (χ3n) is 5.37. The zero-order valence-electron chi connectivity index (χ0n) is 13.9. The number of aryl methyl sites for hydroxylation is 1. The van der Waals surface area contributed by atoms with Gasteiger partial charge in [0.15, 0.2) is 5.78 Å². The minimum Gasteiger partial charge on any atom is -0.338 e. The molecule has 1 aromatic heterocycles. The van der Waals surface area contributed by atoms with Gasteiger partial charge in [-0.25, -0.2) is 0 Å². The molecule has 23 heavy (non-hydrogen) atoms. The van der Waals surface area contributed by atoms with E-state index >= 15 is 0 Å². The van der Waals surface area contributed by atoms with Gasteiger partial charge in [0, 0.05) is 30.8 Å². The molecule has 0 bridgehead atoms. The molecule has 5 nitrogen and oxygen atoms in total. The SMILES string of the molecule is C[C@@H]1CCCC[C@H]1N(C)C(=O)c1cc2c([nH]c1=O)CCCC2=O. The molecule has 1 heterocycles. The lowest BCUT2D eigenvalue weighted by Gasteiger charge is -2.36. The lowest BCUT2D eigenvalue weighted by atomic mass is 9.85. The molecule has 0 saturated heterocycles. The van der Waals surface area contributed by atoms with E-state index in [4.69, 9.17) is 0 Å². The Labute approximate surface area is 136 Å². The first kappa shape index (κ1) is 16.0. The number of carbonyl (C=O) groups is 2. The van der Waals surface area contributed by atoms with E-state index in [0.717, 1.165) is 25.7 Å². The highest BCUT2D eigenvalue weighted by molar-refractivity contribution is 6.01. The molecule has 0 radical (unpaired) electrons. The molecule has 1 N–H and O–H groups in total. The zero-order valence-corrected chi connectivity index (χ0v) is 13.9. The maximum absolute atomic E-state index is 12.8. The molecule has 1 saturated carbocycles. The number of nitrogens with one attached hydrogen (secondary N) is 1. The van der Waals surface area contributed by atoms with Crippen LogP contribution in [0.4, 0.5) is 0 Å². The van der Waals surface area contributed by atoms with Gasteiger partial charge in [-0.2, -0.15) is 0 Å². The zero-order chi connectivity index (χ0) is 16.6. The summed E-state index contributed by atoms with van der Waals surface area (Å²) in [6, 6.07) is 1.68. The molecule has 2 aliphatic rings. The maximum Gasteiger partial charge on any atom is 0.261 e. The van der Waals surface area contributed by atoms with E-state index in [1.54, 1.807) is 11.9 Å². The fourth-order valence-corrected chi connectivity index (χ4v) is 3.95. The van der Waals surface area contributed by atoms with Crippen LogP contribution < -0.4 is 5.56 Å². The second-order valence-corrected chi connectivity index (χ2v) is 6.93. The molecule has 0 aromatic carbocycles. The first-order valence-corrected chi connectivity index (χ1v) is 8.55. The van der Waals surface area contributed by atoms with Gasteiger partial charge in [-0.15, -0.1) is 0 Å². The average Bonchev–Trinajstić information content (AvgIpc) is 2.54. The number of H-pyrrole nitrogens is 1. The van der Waals surface area contributed by atoms with Crippen LogP contribution >= 0.6 is 0 Å². The van der Waals surface area contributed by atoms with E-state index in [9.17, 15) is 14.4 Å². The lowest BCUT2D eigenvalue weighted by molar-refractivity contribution is 0.0627. The standard InChI is InChI=1S/C18H24N2O3/c1-11-6-3-4-8-15(11)20(2)18(23)13-10-12-14(19-17(13)22)7-5-9-16(12)21/h10-11,15H,3-9H2,1-2H3,(H,19,22)/t11-,15-/m1/s1. The topological polar surface area (TPSA) is 70.2 Å². The van der Waals surface area contributed by atoms with Crippen molar-refractivity contribution in [2.24, 2.45) is 5.92 Å². The van der Waals surface area contributed by atoms with Crippen LogP contribution in [-0.2, 0) is 6.42 Å². The van der Waals surface area contributed by atoms with E-state index in [1.807, 2.05) is 0 Å². The molecule has 2 aliphatic carbocycles. The number of hydrogen-bond acceptors (Lipinski definition) is 3. The third kappa shape index (κ3) is 2.96. The van der Waals surface area contributed by atoms with Crippen LogP contribution in [0.3, 0.4) is 0 Å². The van der Waals surface area contributed by atoms with Crippen molar-refractivity contribution in [1.82, 2.24) is 9.88 Å². The highest BCUT2D eigenvalue weighted by Gasteiger charge is 2.30. The molecule has 0 aliphatic heterocycles. The number of nitrogens with zero attached hydrogens (tertiary/aromatic N) is 1. The van der Waals surface area contributed by atoms with Gasteiger partial charge >= 0.3 is 0 Å². The largest absolute Gasteiger partial charge is 0.338 e. The molecule has 2 atom stereocenters. The van der Waals surface area contributed by atoms with Crippen molar-refractivity contribution in [2.75, 3.05) is 7.05 Å². The van der Waals surface area contributed by atoms with Crippen molar-refractivity contribution in [3.63, 3.8) is 0 Å². The van der Waals surface area contributed by atoms with E-state index < -0.39 is 0 Å². The van der Waals surface area contributed by atoms with E-state index in [-0.39, 0.29) is 28.9 Å². The number of fused-ring (bicyclic) bond motifs is 1. The number of pyridine rings is 1. The summed E-state index contributed by atoms with van der Waals surface area (Å²) in [5, 5.41) is 0. The lowest BCUT2D eigenvalue weighted by Crippen LogP contribution is -2.44. The third-order valence-corrected chi connectivity index (χ3v) is 5.37. The number of hydrogen-bond donors (Lipinski definition) is 1. The fourth-order valence-electron chi connectivity index (χ4n) is 3.95. The quantitative estimate of drug-likeness (QED) is 0.911. The Morgan fingerprint density at radius 2 is 1.91 bits per heavy atom. The Morgan fingerprint density at radius 3 is 2.65 bits per heavy atom. The Morgan fingerprint density at radius 1 is 1.17 bits per heavy atom. The van der Waals surface area contributed by atoms with E-state index in [2.05, 4.69) is 11.9 Å². The minimum absolute atomic E-state index is 0.0187. The van der Waals surface area contributed by atoms with Gasteiger partial charge in [0.05, 0.1) is 0 Å². The normalized spacial score (nSPS) is 24.2. The highest BCUT2D eigenvalue weighted by atomic mass is 16.2. The number of ketones is 1. The molecule has 1 aromatic rings. The van der Waals surface area contributed by atoms with Crippen molar-refractivity contribution in [3.8, 4) is 0 Å². The average molecular weight is 316 g/mol. The number of aromatic nitrogens is 1. The number of amides is 1. The second-order valence-electron chi connectivity index (χ2n) is 6.93. The van der Waals surface area contributed by atoms with Crippen molar-refractivity contribution < 1.29 is 9.59 Å². The smallest absolute Gasteiger partial charge is 0.261 e. The summed E-state index contributed by atoms with van der Waals surface area (Å²) >= 11 is 0. The van der Waals surface area contributed by atoms with Gasteiger partial charge in [-0.1, -0.05) is 19.8 Å². The number of aromatic amines is 1. The summed E-state index contributed by atoms with van der Waals surface area (Å²) in [5.41, 5.74) is 0.916. The molecule has 1 fully saturated rings. The van der Waals surface area contributed by atoms with Crippen LogP contribution in [-0.4, -0.2) is 34.7 Å². The van der Waals surface area contributed by atoms with Crippen molar-refractivity contribution in [2.45, 2.75) is 57.9 Å².